The van der Waals surface area contributed by atoms with Gasteiger partial charge in [0.15, 0.2) is 0 Å². The number of nitrogens with zero attached hydrogens (tertiary/aromatic N) is 3. The van der Waals surface area contributed by atoms with Crippen LogP contribution < -0.4 is 5.56 Å². The largest absolute Gasteiger partial charge is 0.336 e. The summed E-state index contributed by atoms with van der Waals surface area (Å²) in [6.45, 7) is 7.95. The number of rotatable bonds is 4. The number of amides is 1. The van der Waals surface area contributed by atoms with Gasteiger partial charge in [-0.2, -0.15) is 0 Å². The number of thiophene rings is 1. The summed E-state index contributed by atoms with van der Waals surface area (Å²) in [6.07, 6.45) is 0.785. The third kappa shape index (κ3) is 3.70. The first-order valence-electron chi connectivity index (χ1n) is 8.74. The number of carbonyl (C=O) groups excluding carboxylic acids is 1. The standard InChI is InChI=1S/C19H25N3O2S/c1-4-17-14(2)12-16(18(23)20(17)3)19(24)22-9-7-21(8-10-22)13-15-6-5-11-25-15/h5-6,11-12H,4,7-10,13H2,1-3H3. The number of pyridine rings is 1. The maximum Gasteiger partial charge on any atom is 0.263 e. The molecule has 0 unspecified atom stereocenters. The lowest BCUT2D eigenvalue weighted by Gasteiger charge is -2.34. The molecule has 2 aromatic rings. The van der Waals surface area contributed by atoms with Crippen molar-refractivity contribution in [3.63, 3.8) is 0 Å². The molecule has 3 rings (SSSR count). The Hall–Kier alpha value is -1.92. The summed E-state index contributed by atoms with van der Waals surface area (Å²) in [5.74, 6) is -0.137. The fourth-order valence-corrected chi connectivity index (χ4v) is 4.25. The quantitative estimate of drug-likeness (QED) is 0.841. The molecule has 1 saturated heterocycles. The molecule has 5 nitrogen and oxygen atoms in total. The highest BCUT2D eigenvalue weighted by atomic mass is 32.1. The summed E-state index contributed by atoms with van der Waals surface area (Å²) < 4.78 is 1.62. The van der Waals surface area contributed by atoms with E-state index in [1.807, 2.05) is 18.7 Å². The maximum absolute atomic E-state index is 12.8. The van der Waals surface area contributed by atoms with Crippen LogP contribution in [0.5, 0.6) is 0 Å². The van der Waals surface area contributed by atoms with Gasteiger partial charge in [-0.3, -0.25) is 14.5 Å². The Balaban J connectivity index is 1.70. The number of aryl methyl sites for hydroxylation is 1. The predicted molar refractivity (Wildman–Crippen MR) is 101 cm³/mol. The average Bonchev–Trinajstić information content (AvgIpc) is 3.12. The molecule has 0 N–H and O–H groups in total. The van der Waals surface area contributed by atoms with Crippen LogP contribution >= 0.6 is 11.3 Å². The lowest BCUT2D eigenvalue weighted by atomic mass is 10.1. The highest BCUT2D eigenvalue weighted by Crippen LogP contribution is 2.15. The molecule has 3 heterocycles. The molecule has 1 aliphatic heterocycles. The SMILES string of the molecule is CCc1c(C)cc(C(=O)N2CCN(Cc3cccs3)CC2)c(=O)n1C. The average molecular weight is 359 g/mol. The van der Waals surface area contributed by atoms with E-state index in [1.54, 1.807) is 29.0 Å². The van der Waals surface area contributed by atoms with Gasteiger partial charge in [0.2, 0.25) is 0 Å². The van der Waals surface area contributed by atoms with Crippen LogP contribution in [0.3, 0.4) is 0 Å². The zero-order valence-electron chi connectivity index (χ0n) is 15.1. The Morgan fingerprint density at radius 1 is 1.24 bits per heavy atom. The number of hydrogen-bond acceptors (Lipinski definition) is 4. The van der Waals surface area contributed by atoms with Crippen molar-refractivity contribution < 1.29 is 4.79 Å². The van der Waals surface area contributed by atoms with Crippen molar-refractivity contribution in [2.45, 2.75) is 26.8 Å². The van der Waals surface area contributed by atoms with Gasteiger partial charge in [-0.15, -0.1) is 11.3 Å². The van der Waals surface area contributed by atoms with Gasteiger partial charge in [-0.05, 0) is 36.4 Å². The first kappa shape index (κ1) is 17.9. The smallest absolute Gasteiger partial charge is 0.263 e. The summed E-state index contributed by atoms with van der Waals surface area (Å²) in [5.41, 5.74) is 2.10. The van der Waals surface area contributed by atoms with Crippen molar-refractivity contribution in [3.05, 3.63) is 55.6 Å². The van der Waals surface area contributed by atoms with Crippen molar-refractivity contribution in [2.24, 2.45) is 7.05 Å². The Kier molecular flexibility index (Phi) is 5.39. The summed E-state index contributed by atoms with van der Waals surface area (Å²) in [6, 6.07) is 5.98. The van der Waals surface area contributed by atoms with E-state index >= 15 is 0 Å². The van der Waals surface area contributed by atoms with Crippen LogP contribution in [0.25, 0.3) is 0 Å². The van der Waals surface area contributed by atoms with Crippen molar-refractivity contribution in [1.29, 1.82) is 0 Å². The van der Waals surface area contributed by atoms with Crippen LogP contribution in [0.2, 0.25) is 0 Å². The van der Waals surface area contributed by atoms with Gasteiger partial charge in [-0.25, -0.2) is 0 Å². The third-order valence-corrected chi connectivity index (χ3v) is 5.80. The minimum absolute atomic E-state index is 0.137. The zero-order chi connectivity index (χ0) is 18.0. The van der Waals surface area contributed by atoms with Crippen LogP contribution in [0.15, 0.2) is 28.4 Å². The predicted octanol–water partition coefficient (Wildman–Crippen LogP) is 2.28. The molecule has 2 aromatic heterocycles. The topological polar surface area (TPSA) is 45.6 Å². The summed E-state index contributed by atoms with van der Waals surface area (Å²) in [5, 5.41) is 2.09. The molecule has 0 bridgehead atoms. The molecular weight excluding hydrogens is 334 g/mol. The molecular formula is C19H25N3O2S. The second kappa shape index (κ2) is 7.54. The van der Waals surface area contributed by atoms with E-state index in [4.69, 9.17) is 0 Å². The molecule has 6 heteroatoms. The van der Waals surface area contributed by atoms with Gasteiger partial charge in [0.1, 0.15) is 5.56 Å². The van der Waals surface area contributed by atoms with Crippen molar-refractivity contribution in [3.8, 4) is 0 Å². The fraction of sp³-hybridized carbons (Fsp3) is 0.474. The van der Waals surface area contributed by atoms with Crippen LogP contribution in [-0.4, -0.2) is 46.5 Å². The molecule has 0 radical (unpaired) electrons. The molecule has 25 heavy (non-hydrogen) atoms. The second-order valence-corrected chi connectivity index (χ2v) is 7.59. The van der Waals surface area contributed by atoms with Crippen molar-refractivity contribution in [1.82, 2.24) is 14.4 Å². The van der Waals surface area contributed by atoms with Crippen LogP contribution in [-0.2, 0) is 20.0 Å². The van der Waals surface area contributed by atoms with E-state index in [1.165, 1.54) is 4.88 Å². The Morgan fingerprint density at radius 2 is 1.96 bits per heavy atom. The molecule has 0 saturated carbocycles. The first-order chi connectivity index (χ1) is 12.0. The molecule has 134 valence electrons. The van der Waals surface area contributed by atoms with Gasteiger partial charge in [0, 0.05) is 50.3 Å². The molecule has 0 aromatic carbocycles. The van der Waals surface area contributed by atoms with Gasteiger partial charge >= 0.3 is 0 Å². The maximum atomic E-state index is 12.8. The number of piperazine rings is 1. The highest BCUT2D eigenvalue weighted by molar-refractivity contribution is 7.09. The fourth-order valence-electron chi connectivity index (χ4n) is 3.50. The van der Waals surface area contributed by atoms with Crippen molar-refractivity contribution in [2.75, 3.05) is 26.2 Å². The zero-order valence-corrected chi connectivity index (χ0v) is 15.9. The van der Waals surface area contributed by atoms with E-state index in [2.05, 4.69) is 22.4 Å². The van der Waals surface area contributed by atoms with E-state index in [9.17, 15) is 9.59 Å². The summed E-state index contributed by atoms with van der Waals surface area (Å²) >= 11 is 1.76. The summed E-state index contributed by atoms with van der Waals surface area (Å²) in [4.78, 5) is 30.9. The van der Waals surface area contributed by atoms with Gasteiger partial charge in [0.25, 0.3) is 11.5 Å². The molecule has 1 amide bonds. The summed E-state index contributed by atoms with van der Waals surface area (Å²) in [7, 11) is 1.75. The Bertz CT molecular complexity index is 803. The minimum atomic E-state index is -0.187. The van der Waals surface area contributed by atoms with Crippen molar-refractivity contribution >= 4 is 17.2 Å². The highest BCUT2D eigenvalue weighted by Gasteiger charge is 2.25. The number of carbonyl (C=O) groups is 1. The lowest BCUT2D eigenvalue weighted by molar-refractivity contribution is 0.0627. The first-order valence-corrected chi connectivity index (χ1v) is 9.62. The van der Waals surface area contributed by atoms with Crippen LogP contribution in [0.1, 0.15) is 33.4 Å². The van der Waals surface area contributed by atoms with Crippen LogP contribution in [0, 0.1) is 6.92 Å². The van der Waals surface area contributed by atoms with Gasteiger partial charge in [0.05, 0.1) is 0 Å². The van der Waals surface area contributed by atoms with Gasteiger partial charge in [-0.1, -0.05) is 13.0 Å². The molecule has 0 atom stereocenters. The molecule has 0 aliphatic carbocycles. The normalized spacial score (nSPS) is 15.6. The van der Waals surface area contributed by atoms with Crippen LogP contribution in [0.4, 0.5) is 0 Å². The molecule has 0 spiro atoms. The lowest BCUT2D eigenvalue weighted by Crippen LogP contribution is -2.49. The molecule has 1 aliphatic rings. The second-order valence-electron chi connectivity index (χ2n) is 6.55. The Morgan fingerprint density at radius 3 is 2.56 bits per heavy atom. The van der Waals surface area contributed by atoms with Gasteiger partial charge < -0.3 is 9.47 Å². The monoisotopic (exact) mass is 359 g/mol. The Labute approximate surface area is 152 Å². The minimum Gasteiger partial charge on any atom is -0.336 e. The van der Waals surface area contributed by atoms with E-state index < -0.39 is 0 Å². The number of aromatic nitrogens is 1. The third-order valence-electron chi connectivity index (χ3n) is 4.94. The van der Waals surface area contributed by atoms with E-state index in [-0.39, 0.29) is 11.5 Å². The van der Waals surface area contributed by atoms with E-state index in [0.717, 1.165) is 37.3 Å². The van der Waals surface area contributed by atoms with E-state index in [0.29, 0.717) is 18.7 Å². The number of hydrogen-bond donors (Lipinski definition) is 0. The molecule has 1 fully saturated rings.